The molecule has 1 aromatic rings. The second-order valence-corrected chi connectivity index (χ2v) is 4.36. The van der Waals surface area contributed by atoms with Gasteiger partial charge in [-0.05, 0) is 25.5 Å². The van der Waals surface area contributed by atoms with Gasteiger partial charge in [-0.15, -0.1) is 0 Å². The lowest BCUT2D eigenvalue weighted by Crippen LogP contribution is -2.28. The third-order valence-corrected chi connectivity index (χ3v) is 2.77. The van der Waals surface area contributed by atoms with E-state index in [-0.39, 0.29) is 19.6 Å². The van der Waals surface area contributed by atoms with E-state index in [0.717, 1.165) is 6.08 Å². The highest BCUT2D eigenvalue weighted by Gasteiger charge is 2.30. The summed E-state index contributed by atoms with van der Waals surface area (Å²) in [6.07, 6.45) is 2.10. The van der Waals surface area contributed by atoms with Gasteiger partial charge in [0.15, 0.2) is 0 Å². The Morgan fingerprint density at radius 3 is 2.33 bits per heavy atom. The van der Waals surface area contributed by atoms with Crippen LogP contribution in [-0.4, -0.2) is 30.3 Å². The molecule has 1 rings (SSSR count). The van der Waals surface area contributed by atoms with E-state index in [4.69, 9.17) is 9.47 Å². The van der Waals surface area contributed by atoms with E-state index in [9.17, 15) is 14.7 Å². The predicted molar refractivity (Wildman–Crippen MR) is 77.4 cm³/mol. The minimum Gasteiger partial charge on any atom is -0.466 e. The highest BCUT2D eigenvalue weighted by Crippen LogP contribution is 2.27. The summed E-state index contributed by atoms with van der Waals surface area (Å²) in [6.45, 7) is 3.85. The fraction of sp³-hybridized carbons (Fsp3) is 0.375. The summed E-state index contributed by atoms with van der Waals surface area (Å²) in [6, 6.07) is 8.63. The maximum Gasteiger partial charge on any atom is 0.330 e. The molecule has 0 aliphatic heterocycles. The number of benzene rings is 1. The maximum absolute atomic E-state index is 11.7. The van der Waals surface area contributed by atoms with Gasteiger partial charge in [0.05, 0.1) is 19.6 Å². The summed E-state index contributed by atoms with van der Waals surface area (Å²) in [5, 5.41) is 10.7. The highest BCUT2D eigenvalue weighted by molar-refractivity contribution is 5.82. The molecule has 5 heteroatoms. The smallest absolute Gasteiger partial charge is 0.330 e. The SMILES string of the molecule is CCOC(=O)/C=C/C(O)(CC(=O)OCC)c1ccccc1. The number of rotatable bonds is 7. The lowest BCUT2D eigenvalue weighted by atomic mass is 9.90. The van der Waals surface area contributed by atoms with Gasteiger partial charge >= 0.3 is 11.9 Å². The van der Waals surface area contributed by atoms with Crippen LogP contribution in [-0.2, 0) is 24.7 Å². The fourth-order valence-corrected chi connectivity index (χ4v) is 1.81. The number of carbonyl (C=O) groups is 2. The van der Waals surface area contributed by atoms with Crippen molar-refractivity contribution in [1.29, 1.82) is 0 Å². The molecule has 1 N–H and O–H groups in total. The van der Waals surface area contributed by atoms with E-state index in [1.54, 1.807) is 44.2 Å². The first-order valence-corrected chi connectivity index (χ1v) is 6.81. The molecule has 0 bridgehead atoms. The molecule has 0 aliphatic rings. The molecule has 0 fully saturated rings. The molecule has 1 unspecified atom stereocenters. The minimum absolute atomic E-state index is 0.227. The van der Waals surface area contributed by atoms with Crippen molar-refractivity contribution in [3.05, 3.63) is 48.0 Å². The molecule has 21 heavy (non-hydrogen) atoms. The molecule has 1 atom stereocenters. The Kier molecular flexibility index (Phi) is 6.62. The zero-order valence-electron chi connectivity index (χ0n) is 12.2. The maximum atomic E-state index is 11.7. The van der Waals surface area contributed by atoms with Crippen molar-refractivity contribution in [2.75, 3.05) is 13.2 Å². The average molecular weight is 292 g/mol. The molecule has 0 amide bonds. The Hall–Kier alpha value is -2.14. The number of esters is 2. The summed E-state index contributed by atoms with van der Waals surface area (Å²) in [4.78, 5) is 23.1. The van der Waals surface area contributed by atoms with Gasteiger partial charge in [-0.2, -0.15) is 0 Å². The number of aliphatic hydroxyl groups is 1. The van der Waals surface area contributed by atoms with Gasteiger partial charge in [-0.3, -0.25) is 4.79 Å². The van der Waals surface area contributed by atoms with Gasteiger partial charge in [0.2, 0.25) is 0 Å². The number of hydrogen-bond acceptors (Lipinski definition) is 5. The van der Waals surface area contributed by atoms with E-state index >= 15 is 0 Å². The van der Waals surface area contributed by atoms with Gasteiger partial charge in [-0.1, -0.05) is 30.3 Å². The molecule has 0 aliphatic carbocycles. The van der Waals surface area contributed by atoms with Crippen LogP contribution in [0.1, 0.15) is 25.8 Å². The van der Waals surface area contributed by atoms with Crippen LogP contribution in [0.4, 0.5) is 0 Å². The Morgan fingerprint density at radius 1 is 1.14 bits per heavy atom. The second-order valence-electron chi connectivity index (χ2n) is 4.36. The third kappa shape index (κ3) is 5.39. The predicted octanol–water partition coefficient (Wildman–Crippen LogP) is 1.95. The van der Waals surface area contributed by atoms with E-state index in [1.165, 1.54) is 6.08 Å². The highest BCUT2D eigenvalue weighted by atomic mass is 16.5. The van der Waals surface area contributed by atoms with Crippen LogP contribution in [0.15, 0.2) is 42.5 Å². The normalized spacial score (nSPS) is 13.7. The van der Waals surface area contributed by atoms with E-state index in [0.29, 0.717) is 5.56 Å². The van der Waals surface area contributed by atoms with E-state index in [2.05, 4.69) is 0 Å². The molecule has 0 aromatic heterocycles. The van der Waals surface area contributed by atoms with Gasteiger partial charge in [-0.25, -0.2) is 4.79 Å². The Labute approximate surface area is 124 Å². The van der Waals surface area contributed by atoms with Crippen molar-refractivity contribution >= 4 is 11.9 Å². The standard InChI is InChI=1S/C16H20O5/c1-3-20-14(17)10-11-16(19,12-15(18)21-4-2)13-8-6-5-7-9-13/h5-11,19H,3-4,12H2,1-2H3/b11-10+. The quantitative estimate of drug-likeness (QED) is 0.614. The number of carbonyl (C=O) groups excluding carboxylic acids is 2. The van der Waals surface area contributed by atoms with Crippen LogP contribution in [0.2, 0.25) is 0 Å². The summed E-state index contributed by atoms with van der Waals surface area (Å²) >= 11 is 0. The van der Waals surface area contributed by atoms with Crippen LogP contribution in [0, 0.1) is 0 Å². The van der Waals surface area contributed by atoms with Gasteiger partial charge < -0.3 is 14.6 Å². The molecule has 0 saturated heterocycles. The molecule has 1 aromatic carbocycles. The van der Waals surface area contributed by atoms with Crippen molar-refractivity contribution in [2.45, 2.75) is 25.9 Å². The lowest BCUT2D eigenvalue weighted by Gasteiger charge is -2.24. The molecule has 5 nitrogen and oxygen atoms in total. The molecule has 0 radical (unpaired) electrons. The largest absolute Gasteiger partial charge is 0.466 e. The van der Waals surface area contributed by atoms with E-state index < -0.39 is 17.5 Å². The van der Waals surface area contributed by atoms with Crippen molar-refractivity contribution in [3.63, 3.8) is 0 Å². The van der Waals surface area contributed by atoms with Gasteiger partial charge in [0, 0.05) is 6.08 Å². The first-order valence-electron chi connectivity index (χ1n) is 6.81. The van der Waals surface area contributed by atoms with Crippen LogP contribution in [0.25, 0.3) is 0 Å². The zero-order chi connectivity index (χ0) is 15.7. The summed E-state index contributed by atoms with van der Waals surface area (Å²) in [5.41, 5.74) is -1.11. The first kappa shape index (κ1) is 16.9. The molecule has 0 heterocycles. The van der Waals surface area contributed by atoms with Crippen LogP contribution >= 0.6 is 0 Å². The van der Waals surface area contributed by atoms with E-state index in [1.807, 2.05) is 0 Å². The minimum atomic E-state index is -1.61. The van der Waals surface area contributed by atoms with Gasteiger partial charge in [0.25, 0.3) is 0 Å². The molecular formula is C16H20O5. The first-order chi connectivity index (χ1) is 10.0. The number of hydrogen-bond donors (Lipinski definition) is 1. The molecule has 114 valence electrons. The fourth-order valence-electron chi connectivity index (χ4n) is 1.81. The lowest BCUT2D eigenvalue weighted by molar-refractivity contribution is -0.147. The molecule has 0 spiro atoms. The molecule has 0 saturated carbocycles. The van der Waals surface area contributed by atoms with Crippen molar-refractivity contribution in [3.8, 4) is 0 Å². The Bertz CT molecular complexity index is 495. The topological polar surface area (TPSA) is 72.8 Å². The zero-order valence-corrected chi connectivity index (χ0v) is 12.2. The van der Waals surface area contributed by atoms with Crippen LogP contribution in [0.5, 0.6) is 0 Å². The van der Waals surface area contributed by atoms with Crippen molar-refractivity contribution < 1.29 is 24.2 Å². The Morgan fingerprint density at radius 2 is 1.76 bits per heavy atom. The van der Waals surface area contributed by atoms with Crippen LogP contribution < -0.4 is 0 Å². The molecular weight excluding hydrogens is 272 g/mol. The third-order valence-electron chi connectivity index (χ3n) is 2.77. The van der Waals surface area contributed by atoms with Crippen molar-refractivity contribution in [2.24, 2.45) is 0 Å². The van der Waals surface area contributed by atoms with Gasteiger partial charge in [0.1, 0.15) is 5.60 Å². The summed E-state index contributed by atoms with van der Waals surface area (Å²) in [5.74, 6) is -1.12. The summed E-state index contributed by atoms with van der Waals surface area (Å²) in [7, 11) is 0. The monoisotopic (exact) mass is 292 g/mol. The Balaban J connectivity index is 2.99. The van der Waals surface area contributed by atoms with Crippen molar-refractivity contribution in [1.82, 2.24) is 0 Å². The van der Waals surface area contributed by atoms with Crippen LogP contribution in [0.3, 0.4) is 0 Å². The summed E-state index contributed by atoms with van der Waals surface area (Å²) < 4.78 is 9.64. The average Bonchev–Trinajstić information content (AvgIpc) is 2.47. The number of ether oxygens (including phenoxy) is 2. The second kappa shape index (κ2) is 8.21.